The van der Waals surface area contributed by atoms with E-state index in [9.17, 15) is 0 Å². The zero-order valence-corrected chi connectivity index (χ0v) is 11.4. The Kier molecular flexibility index (Phi) is 3.50. The summed E-state index contributed by atoms with van der Waals surface area (Å²) in [5, 5.41) is 5.79. The Balaban J connectivity index is 1.44. The molecule has 1 N–H and O–H groups in total. The molecule has 2 unspecified atom stereocenters. The zero-order chi connectivity index (χ0) is 11.7. The number of nitrogens with one attached hydrogen (secondary N) is 1. The molecule has 1 aromatic heterocycles. The molecule has 2 aliphatic heterocycles. The van der Waals surface area contributed by atoms with E-state index in [-0.39, 0.29) is 0 Å². The molecule has 0 saturated carbocycles. The summed E-state index contributed by atoms with van der Waals surface area (Å²) in [5.41, 5.74) is 0. The molecule has 0 aliphatic carbocycles. The van der Waals surface area contributed by atoms with Crippen LogP contribution in [-0.2, 0) is 6.54 Å². The molecule has 1 aromatic rings. The molecule has 2 nitrogen and oxygen atoms in total. The number of hydrogen-bond acceptors (Lipinski definition) is 3. The van der Waals surface area contributed by atoms with E-state index in [1.807, 2.05) is 11.3 Å². The van der Waals surface area contributed by atoms with Crippen molar-refractivity contribution in [3.8, 4) is 0 Å². The second-order valence-corrected chi connectivity index (χ2v) is 6.63. The Morgan fingerprint density at radius 3 is 2.76 bits per heavy atom. The smallest absolute Gasteiger partial charge is 0.0299 e. The molecule has 2 bridgehead atoms. The lowest BCUT2D eigenvalue weighted by atomic mass is 9.91. The van der Waals surface area contributed by atoms with Gasteiger partial charge in [0.25, 0.3) is 0 Å². The molecule has 3 heteroatoms. The van der Waals surface area contributed by atoms with E-state index >= 15 is 0 Å². The van der Waals surface area contributed by atoms with Gasteiger partial charge in [-0.05, 0) is 56.6 Å². The zero-order valence-electron chi connectivity index (χ0n) is 10.6. The van der Waals surface area contributed by atoms with Gasteiger partial charge in [-0.3, -0.25) is 0 Å². The molecule has 2 saturated heterocycles. The molecule has 2 atom stereocenters. The van der Waals surface area contributed by atoms with Crippen molar-refractivity contribution in [3.63, 3.8) is 0 Å². The van der Waals surface area contributed by atoms with Crippen LogP contribution in [0.15, 0.2) is 17.5 Å². The molecule has 0 radical (unpaired) electrons. The van der Waals surface area contributed by atoms with Gasteiger partial charge in [-0.25, -0.2) is 0 Å². The van der Waals surface area contributed by atoms with Gasteiger partial charge in [-0.2, -0.15) is 0 Å². The standard InChI is InChI=1S/C14H22N2S/c1-16-12-4-5-13(16)8-11(7-12)9-15-10-14-3-2-6-17-14/h2-3,6,11-13,15H,4-5,7-10H2,1H3. The molecular weight excluding hydrogens is 228 g/mol. The first kappa shape index (κ1) is 11.7. The van der Waals surface area contributed by atoms with Crippen molar-refractivity contribution in [1.29, 1.82) is 0 Å². The van der Waals surface area contributed by atoms with Gasteiger partial charge in [-0.15, -0.1) is 11.3 Å². The monoisotopic (exact) mass is 250 g/mol. The number of thiophene rings is 1. The molecule has 0 aromatic carbocycles. The summed E-state index contributed by atoms with van der Waals surface area (Å²) in [6.45, 7) is 2.26. The minimum Gasteiger partial charge on any atom is -0.312 e. The van der Waals surface area contributed by atoms with Gasteiger partial charge in [-0.1, -0.05) is 6.07 Å². The van der Waals surface area contributed by atoms with Crippen LogP contribution in [0.1, 0.15) is 30.6 Å². The van der Waals surface area contributed by atoms with Gasteiger partial charge < -0.3 is 10.2 Å². The first-order valence-electron chi connectivity index (χ1n) is 6.78. The van der Waals surface area contributed by atoms with Crippen LogP contribution in [0.3, 0.4) is 0 Å². The van der Waals surface area contributed by atoms with E-state index in [0.29, 0.717) is 0 Å². The molecule has 94 valence electrons. The maximum atomic E-state index is 3.63. The molecule has 0 spiro atoms. The maximum Gasteiger partial charge on any atom is 0.0299 e. The third-order valence-electron chi connectivity index (χ3n) is 4.51. The molecule has 17 heavy (non-hydrogen) atoms. The first-order chi connectivity index (χ1) is 8.33. The van der Waals surface area contributed by atoms with Crippen LogP contribution in [0.2, 0.25) is 0 Å². The van der Waals surface area contributed by atoms with E-state index in [0.717, 1.165) is 24.5 Å². The third kappa shape index (κ3) is 2.56. The Morgan fingerprint density at radius 2 is 2.12 bits per heavy atom. The van der Waals surface area contributed by atoms with Crippen LogP contribution in [0.25, 0.3) is 0 Å². The SMILES string of the molecule is CN1C2CCC1CC(CNCc1cccs1)C2. The fourth-order valence-electron chi connectivity index (χ4n) is 3.50. The topological polar surface area (TPSA) is 15.3 Å². The minimum absolute atomic E-state index is 0.877. The predicted molar refractivity (Wildman–Crippen MR) is 73.3 cm³/mol. The fourth-order valence-corrected chi connectivity index (χ4v) is 4.18. The molecule has 3 rings (SSSR count). The highest BCUT2D eigenvalue weighted by Gasteiger charge is 2.37. The van der Waals surface area contributed by atoms with Crippen LogP contribution in [0, 0.1) is 5.92 Å². The summed E-state index contributed by atoms with van der Waals surface area (Å²) in [4.78, 5) is 4.08. The first-order valence-corrected chi connectivity index (χ1v) is 7.66. The lowest BCUT2D eigenvalue weighted by molar-refractivity contribution is 0.133. The van der Waals surface area contributed by atoms with Crippen molar-refractivity contribution in [2.45, 2.75) is 44.3 Å². The quantitative estimate of drug-likeness (QED) is 0.884. The van der Waals surface area contributed by atoms with Crippen molar-refractivity contribution >= 4 is 11.3 Å². The molecule has 3 heterocycles. The highest BCUT2D eigenvalue weighted by atomic mass is 32.1. The minimum atomic E-state index is 0.877. The van der Waals surface area contributed by atoms with Gasteiger partial charge in [0.15, 0.2) is 0 Å². The Morgan fingerprint density at radius 1 is 1.35 bits per heavy atom. The highest BCUT2D eigenvalue weighted by Crippen LogP contribution is 2.36. The Bertz CT molecular complexity index is 335. The predicted octanol–water partition coefficient (Wildman–Crippen LogP) is 2.71. The molecular formula is C14H22N2S. The molecule has 2 fully saturated rings. The fraction of sp³-hybridized carbons (Fsp3) is 0.714. The normalized spacial score (nSPS) is 33.1. The highest BCUT2D eigenvalue weighted by molar-refractivity contribution is 7.09. The van der Waals surface area contributed by atoms with Crippen LogP contribution >= 0.6 is 11.3 Å². The average Bonchev–Trinajstić information content (AvgIpc) is 2.87. The third-order valence-corrected chi connectivity index (χ3v) is 5.38. The van der Waals surface area contributed by atoms with Gasteiger partial charge >= 0.3 is 0 Å². The summed E-state index contributed by atoms with van der Waals surface area (Å²) in [6.07, 6.45) is 5.68. The van der Waals surface area contributed by atoms with Gasteiger partial charge in [0.2, 0.25) is 0 Å². The molecule has 2 aliphatic rings. The second kappa shape index (κ2) is 5.09. The van der Waals surface area contributed by atoms with Crippen LogP contribution in [0.5, 0.6) is 0 Å². The van der Waals surface area contributed by atoms with E-state index < -0.39 is 0 Å². The van der Waals surface area contributed by atoms with Crippen molar-refractivity contribution in [2.75, 3.05) is 13.6 Å². The summed E-state index contributed by atoms with van der Waals surface area (Å²) in [5.74, 6) is 0.906. The van der Waals surface area contributed by atoms with Crippen LogP contribution in [-0.4, -0.2) is 30.6 Å². The Hall–Kier alpha value is -0.380. The van der Waals surface area contributed by atoms with E-state index in [4.69, 9.17) is 0 Å². The van der Waals surface area contributed by atoms with Crippen molar-refractivity contribution in [3.05, 3.63) is 22.4 Å². The average molecular weight is 250 g/mol. The van der Waals surface area contributed by atoms with E-state index in [1.54, 1.807) is 0 Å². The van der Waals surface area contributed by atoms with Gasteiger partial charge in [0.1, 0.15) is 0 Å². The van der Waals surface area contributed by atoms with Gasteiger partial charge in [0.05, 0.1) is 0 Å². The largest absolute Gasteiger partial charge is 0.312 e. The maximum absolute atomic E-state index is 3.63. The lowest BCUT2D eigenvalue weighted by Gasteiger charge is -2.36. The van der Waals surface area contributed by atoms with E-state index in [2.05, 4.69) is 34.8 Å². The number of nitrogens with zero attached hydrogens (tertiary/aromatic N) is 1. The molecule has 0 amide bonds. The summed E-state index contributed by atoms with van der Waals surface area (Å²) in [7, 11) is 2.32. The summed E-state index contributed by atoms with van der Waals surface area (Å²) >= 11 is 1.85. The number of fused-ring (bicyclic) bond motifs is 2. The van der Waals surface area contributed by atoms with Crippen molar-refractivity contribution < 1.29 is 0 Å². The summed E-state index contributed by atoms with van der Waals surface area (Å²) in [6, 6.07) is 6.11. The van der Waals surface area contributed by atoms with Crippen LogP contribution in [0.4, 0.5) is 0 Å². The lowest BCUT2D eigenvalue weighted by Crippen LogP contribution is -2.42. The second-order valence-electron chi connectivity index (χ2n) is 5.60. The van der Waals surface area contributed by atoms with Crippen molar-refractivity contribution in [2.24, 2.45) is 5.92 Å². The van der Waals surface area contributed by atoms with Crippen molar-refractivity contribution in [1.82, 2.24) is 10.2 Å². The Labute approximate surface area is 108 Å². The van der Waals surface area contributed by atoms with E-state index in [1.165, 1.54) is 37.1 Å². The number of piperidine rings is 1. The summed E-state index contributed by atoms with van der Waals surface area (Å²) < 4.78 is 0. The van der Waals surface area contributed by atoms with Crippen LogP contribution < -0.4 is 5.32 Å². The number of hydrogen-bond donors (Lipinski definition) is 1. The number of rotatable bonds is 4. The van der Waals surface area contributed by atoms with Gasteiger partial charge in [0, 0.05) is 23.5 Å².